The van der Waals surface area contributed by atoms with Crippen molar-refractivity contribution in [2.24, 2.45) is 5.41 Å². The van der Waals surface area contributed by atoms with Crippen LogP contribution in [0.5, 0.6) is 0 Å². The van der Waals surface area contributed by atoms with Gasteiger partial charge in [0.1, 0.15) is 11.5 Å². The summed E-state index contributed by atoms with van der Waals surface area (Å²) in [6.07, 6.45) is 6.53. The van der Waals surface area contributed by atoms with Gasteiger partial charge in [0.15, 0.2) is 0 Å². The monoisotopic (exact) mass is 248 g/mol. The van der Waals surface area contributed by atoms with E-state index >= 15 is 0 Å². The van der Waals surface area contributed by atoms with E-state index in [-0.39, 0.29) is 5.91 Å². The van der Waals surface area contributed by atoms with Crippen LogP contribution in [0.3, 0.4) is 0 Å². The van der Waals surface area contributed by atoms with Gasteiger partial charge in [-0.3, -0.25) is 4.79 Å². The van der Waals surface area contributed by atoms with Crippen molar-refractivity contribution < 1.29 is 4.79 Å². The Balaban J connectivity index is 1.85. The highest BCUT2D eigenvalue weighted by atomic mass is 16.1. The first-order valence-corrected chi connectivity index (χ1v) is 6.47. The van der Waals surface area contributed by atoms with Crippen molar-refractivity contribution >= 4 is 11.7 Å². The van der Waals surface area contributed by atoms with E-state index in [2.05, 4.69) is 34.4 Å². The molecular formula is C13H20N4O. The molecule has 1 aliphatic carbocycles. The van der Waals surface area contributed by atoms with Gasteiger partial charge in [0.25, 0.3) is 5.91 Å². The number of aromatic nitrogens is 2. The molecule has 1 amide bonds. The summed E-state index contributed by atoms with van der Waals surface area (Å²) in [6.45, 7) is 5.85. The third-order valence-corrected chi connectivity index (χ3v) is 3.22. The maximum Gasteiger partial charge on any atom is 0.271 e. The number of nitrogens with one attached hydrogen (secondary N) is 2. The van der Waals surface area contributed by atoms with Gasteiger partial charge in [-0.15, -0.1) is 0 Å². The van der Waals surface area contributed by atoms with Crippen LogP contribution in [0.15, 0.2) is 12.4 Å². The van der Waals surface area contributed by atoms with Crippen LogP contribution >= 0.6 is 0 Å². The van der Waals surface area contributed by atoms with Crippen LogP contribution in [0, 0.1) is 5.41 Å². The minimum atomic E-state index is -0.141. The first-order valence-electron chi connectivity index (χ1n) is 6.47. The molecule has 0 spiro atoms. The van der Waals surface area contributed by atoms with Gasteiger partial charge in [0.2, 0.25) is 0 Å². The van der Waals surface area contributed by atoms with Crippen molar-refractivity contribution in [3.63, 3.8) is 0 Å². The molecule has 1 saturated carbocycles. The zero-order valence-corrected chi connectivity index (χ0v) is 11.0. The highest BCUT2D eigenvalue weighted by Gasteiger charge is 2.37. The van der Waals surface area contributed by atoms with Crippen molar-refractivity contribution in [3.8, 4) is 0 Å². The van der Waals surface area contributed by atoms with E-state index in [4.69, 9.17) is 0 Å². The highest BCUT2D eigenvalue weighted by Crippen LogP contribution is 2.44. The van der Waals surface area contributed by atoms with Crippen molar-refractivity contribution in [3.05, 3.63) is 18.1 Å². The van der Waals surface area contributed by atoms with E-state index in [9.17, 15) is 4.79 Å². The van der Waals surface area contributed by atoms with Crippen LogP contribution in [0.4, 0.5) is 5.82 Å². The lowest BCUT2D eigenvalue weighted by Gasteiger charge is -2.09. The summed E-state index contributed by atoms with van der Waals surface area (Å²) < 4.78 is 0. The minimum Gasteiger partial charge on any atom is -0.369 e. The predicted octanol–water partition coefficient (Wildman–Crippen LogP) is 1.83. The number of amides is 1. The molecule has 5 heteroatoms. The Morgan fingerprint density at radius 1 is 1.39 bits per heavy atom. The third-order valence-electron chi connectivity index (χ3n) is 3.22. The molecule has 2 rings (SSSR count). The number of hydrogen-bond acceptors (Lipinski definition) is 4. The molecule has 98 valence electrons. The van der Waals surface area contributed by atoms with Crippen LogP contribution in [0.25, 0.3) is 0 Å². The van der Waals surface area contributed by atoms with E-state index < -0.39 is 0 Å². The largest absolute Gasteiger partial charge is 0.369 e. The molecule has 1 aromatic heterocycles. The summed E-state index contributed by atoms with van der Waals surface area (Å²) in [5.41, 5.74) is 0.687. The summed E-state index contributed by atoms with van der Waals surface area (Å²) in [5.74, 6) is 0.570. The second-order valence-electron chi connectivity index (χ2n) is 5.21. The molecule has 5 nitrogen and oxygen atoms in total. The predicted molar refractivity (Wildman–Crippen MR) is 70.5 cm³/mol. The van der Waals surface area contributed by atoms with E-state index in [1.165, 1.54) is 19.0 Å². The van der Waals surface area contributed by atoms with Crippen LogP contribution in [0.2, 0.25) is 0 Å². The van der Waals surface area contributed by atoms with Crippen molar-refractivity contribution in [1.82, 2.24) is 15.3 Å². The smallest absolute Gasteiger partial charge is 0.271 e. The van der Waals surface area contributed by atoms with Gasteiger partial charge < -0.3 is 10.6 Å². The lowest BCUT2D eigenvalue weighted by molar-refractivity contribution is 0.0941. The molecule has 0 aliphatic heterocycles. The molecule has 0 unspecified atom stereocenters. The molecule has 1 aliphatic rings. The van der Waals surface area contributed by atoms with E-state index in [0.717, 1.165) is 19.5 Å². The summed E-state index contributed by atoms with van der Waals surface area (Å²) in [6, 6.07) is 0. The van der Waals surface area contributed by atoms with Crippen LogP contribution in [0.1, 0.15) is 43.6 Å². The first-order chi connectivity index (χ1) is 8.63. The normalized spacial score (nSPS) is 16.1. The average Bonchev–Trinajstić information content (AvgIpc) is 3.13. The Kier molecular flexibility index (Phi) is 3.79. The molecule has 2 N–H and O–H groups in total. The second kappa shape index (κ2) is 5.33. The fourth-order valence-electron chi connectivity index (χ4n) is 1.56. The zero-order chi connectivity index (χ0) is 13.0. The van der Waals surface area contributed by atoms with Gasteiger partial charge in [-0.05, 0) is 24.7 Å². The Bertz CT molecular complexity index is 412. The molecule has 1 fully saturated rings. The Morgan fingerprint density at radius 3 is 2.72 bits per heavy atom. The minimum absolute atomic E-state index is 0.141. The van der Waals surface area contributed by atoms with Gasteiger partial charge in [0, 0.05) is 13.1 Å². The van der Waals surface area contributed by atoms with Gasteiger partial charge in [-0.1, -0.05) is 13.8 Å². The average molecular weight is 248 g/mol. The van der Waals surface area contributed by atoms with Gasteiger partial charge in [-0.2, -0.15) is 0 Å². The maximum absolute atomic E-state index is 11.8. The lowest BCUT2D eigenvalue weighted by atomic mass is 10.1. The fraction of sp³-hybridized carbons (Fsp3) is 0.615. The van der Waals surface area contributed by atoms with E-state index in [0.29, 0.717) is 16.9 Å². The lowest BCUT2D eigenvalue weighted by Crippen LogP contribution is -2.29. The van der Waals surface area contributed by atoms with E-state index in [1.807, 2.05) is 0 Å². The topological polar surface area (TPSA) is 66.9 Å². The summed E-state index contributed by atoms with van der Waals surface area (Å²) in [7, 11) is 0. The number of nitrogens with zero attached hydrogens (tertiary/aromatic N) is 2. The molecule has 1 heterocycles. The van der Waals surface area contributed by atoms with Gasteiger partial charge >= 0.3 is 0 Å². The van der Waals surface area contributed by atoms with Gasteiger partial charge in [0.05, 0.1) is 12.4 Å². The molecule has 0 bridgehead atoms. The highest BCUT2D eigenvalue weighted by molar-refractivity contribution is 5.92. The first kappa shape index (κ1) is 12.8. The molecular weight excluding hydrogens is 228 g/mol. The molecule has 0 atom stereocenters. The number of rotatable bonds is 6. The summed E-state index contributed by atoms with van der Waals surface area (Å²) >= 11 is 0. The zero-order valence-electron chi connectivity index (χ0n) is 11.0. The van der Waals surface area contributed by atoms with Crippen LogP contribution < -0.4 is 10.6 Å². The van der Waals surface area contributed by atoms with Crippen molar-refractivity contribution in [1.29, 1.82) is 0 Å². The van der Waals surface area contributed by atoms with E-state index in [1.54, 1.807) is 6.20 Å². The Morgan fingerprint density at radius 2 is 2.17 bits per heavy atom. The molecule has 1 aromatic rings. The SMILES string of the molecule is CCCNc1cnc(C(=O)NCC2(C)CC2)cn1. The number of carbonyl (C=O) groups excluding carboxylic acids is 1. The molecule has 0 saturated heterocycles. The molecule has 0 radical (unpaired) electrons. The number of carbonyl (C=O) groups is 1. The third kappa shape index (κ3) is 3.42. The van der Waals surface area contributed by atoms with Crippen LogP contribution in [-0.2, 0) is 0 Å². The summed E-state index contributed by atoms with van der Waals surface area (Å²) in [5, 5.41) is 6.02. The molecule has 0 aromatic carbocycles. The van der Waals surface area contributed by atoms with Crippen molar-refractivity contribution in [2.75, 3.05) is 18.4 Å². The second-order valence-corrected chi connectivity index (χ2v) is 5.21. The van der Waals surface area contributed by atoms with Crippen LogP contribution in [-0.4, -0.2) is 29.0 Å². The standard InChI is InChI=1S/C13H20N4O/c1-3-6-14-11-8-15-10(7-16-11)12(18)17-9-13(2)4-5-13/h7-8H,3-6,9H2,1-2H3,(H,14,16)(H,17,18). The van der Waals surface area contributed by atoms with Crippen molar-refractivity contribution in [2.45, 2.75) is 33.1 Å². The Labute approximate surface area is 107 Å². The van der Waals surface area contributed by atoms with Gasteiger partial charge in [-0.25, -0.2) is 9.97 Å². The number of anilines is 1. The quantitative estimate of drug-likeness (QED) is 0.806. The molecule has 18 heavy (non-hydrogen) atoms. The Hall–Kier alpha value is -1.65. The summed E-state index contributed by atoms with van der Waals surface area (Å²) in [4.78, 5) is 20.1. The fourth-order valence-corrected chi connectivity index (χ4v) is 1.56. The number of hydrogen-bond donors (Lipinski definition) is 2. The maximum atomic E-state index is 11.8.